The third kappa shape index (κ3) is 2.75. The Bertz CT molecular complexity index is 1320. The first-order valence-electron chi connectivity index (χ1n) is 10.1. The highest BCUT2D eigenvalue weighted by atomic mass is 16.2. The number of rotatable bonds is 5. The molecule has 0 amide bonds. The summed E-state index contributed by atoms with van der Waals surface area (Å²) in [5.74, 6) is 0.687. The second-order valence-corrected chi connectivity index (χ2v) is 7.70. The summed E-state index contributed by atoms with van der Waals surface area (Å²) in [4.78, 5) is 30.8. The Kier molecular flexibility index (Phi) is 4.68. The predicted octanol–water partition coefficient (Wildman–Crippen LogP) is 3.18. The fraction of sp³-hybridized carbons (Fsp3) is 0.409. The van der Waals surface area contributed by atoms with Crippen LogP contribution in [0.1, 0.15) is 49.7 Å². The predicted molar refractivity (Wildman–Crippen MR) is 115 cm³/mol. The molecule has 3 heterocycles. The monoisotopic (exact) mass is 393 g/mol. The quantitative estimate of drug-likeness (QED) is 0.523. The molecule has 152 valence electrons. The van der Waals surface area contributed by atoms with Crippen LogP contribution in [0.4, 0.5) is 0 Å². The van der Waals surface area contributed by atoms with Crippen LogP contribution in [0.15, 0.2) is 39.9 Å². The van der Waals surface area contributed by atoms with Crippen LogP contribution in [0.3, 0.4) is 0 Å². The Balaban J connectivity index is 2.07. The minimum atomic E-state index is -0.311. The summed E-state index contributed by atoms with van der Waals surface area (Å²) in [6.07, 6.45) is 1.70. The summed E-state index contributed by atoms with van der Waals surface area (Å²) < 4.78 is 6.89. The molecule has 0 aliphatic heterocycles. The van der Waals surface area contributed by atoms with Crippen molar-refractivity contribution in [1.82, 2.24) is 23.1 Å². The van der Waals surface area contributed by atoms with Gasteiger partial charge in [-0.2, -0.15) is 4.98 Å². The number of unbranched alkanes of at least 4 members (excludes halogenated alkanes) is 1. The minimum Gasteiger partial charge on any atom is -0.307 e. The number of hydrogen-bond acceptors (Lipinski definition) is 3. The highest BCUT2D eigenvalue weighted by Crippen LogP contribution is 2.27. The zero-order valence-electron chi connectivity index (χ0n) is 17.6. The van der Waals surface area contributed by atoms with E-state index in [1.54, 1.807) is 7.05 Å². The molecule has 0 N–H and O–H groups in total. The molecule has 7 heteroatoms. The molecule has 0 saturated heterocycles. The topological polar surface area (TPSA) is 66.2 Å². The maximum Gasteiger partial charge on any atom is 0.332 e. The second-order valence-electron chi connectivity index (χ2n) is 7.70. The van der Waals surface area contributed by atoms with Crippen molar-refractivity contribution in [2.75, 3.05) is 0 Å². The van der Waals surface area contributed by atoms with Gasteiger partial charge in [0.1, 0.15) is 0 Å². The third-order valence-electron chi connectivity index (χ3n) is 5.96. The summed E-state index contributed by atoms with van der Waals surface area (Å²) in [6.45, 7) is 8.64. The van der Waals surface area contributed by atoms with Crippen molar-refractivity contribution in [3.8, 4) is 0 Å². The first kappa shape index (κ1) is 19.2. The van der Waals surface area contributed by atoms with Crippen molar-refractivity contribution in [3.05, 3.63) is 68.1 Å². The number of aromatic nitrogens is 5. The van der Waals surface area contributed by atoms with Crippen molar-refractivity contribution >= 4 is 16.9 Å². The van der Waals surface area contributed by atoms with Gasteiger partial charge in [0, 0.05) is 25.0 Å². The summed E-state index contributed by atoms with van der Waals surface area (Å²) >= 11 is 0. The second kappa shape index (κ2) is 7.06. The average molecular weight is 393 g/mol. The van der Waals surface area contributed by atoms with Crippen LogP contribution in [0.25, 0.3) is 16.9 Å². The van der Waals surface area contributed by atoms with Crippen molar-refractivity contribution in [2.24, 2.45) is 7.05 Å². The van der Waals surface area contributed by atoms with Gasteiger partial charge in [-0.25, -0.2) is 4.79 Å². The molecule has 29 heavy (non-hydrogen) atoms. The van der Waals surface area contributed by atoms with Crippen LogP contribution < -0.4 is 11.2 Å². The standard InChI is InChI=1S/C22H27N5O2/c1-6-7-13-25-20(28)18-19(24(5)22(25)29)23-21-26(14(2)15(3)27(18)21)16(4)17-11-9-8-10-12-17/h8-12,16H,6-7,13H2,1-5H3/t16-/m1/s1. The molecule has 0 aliphatic carbocycles. The molecule has 0 unspecified atom stereocenters. The zero-order chi connectivity index (χ0) is 20.9. The van der Waals surface area contributed by atoms with Crippen molar-refractivity contribution in [3.63, 3.8) is 0 Å². The van der Waals surface area contributed by atoms with Crippen molar-refractivity contribution in [1.29, 1.82) is 0 Å². The lowest BCUT2D eigenvalue weighted by Gasteiger charge is -2.16. The van der Waals surface area contributed by atoms with Gasteiger partial charge in [0.05, 0.1) is 6.04 Å². The summed E-state index contributed by atoms with van der Waals surface area (Å²) in [5.41, 5.74) is 3.50. The number of benzene rings is 1. The van der Waals surface area contributed by atoms with Gasteiger partial charge in [0.25, 0.3) is 5.56 Å². The molecular weight excluding hydrogens is 366 g/mol. The molecular formula is C22H27N5O2. The first-order chi connectivity index (χ1) is 13.9. The lowest BCUT2D eigenvalue weighted by molar-refractivity contribution is 0.566. The van der Waals surface area contributed by atoms with E-state index in [1.165, 1.54) is 9.13 Å². The molecule has 0 fully saturated rings. The Morgan fingerprint density at radius 2 is 1.76 bits per heavy atom. The average Bonchev–Trinajstić information content (AvgIpc) is 3.22. The molecule has 7 nitrogen and oxygen atoms in total. The Morgan fingerprint density at radius 1 is 1.07 bits per heavy atom. The number of fused-ring (bicyclic) bond motifs is 3. The van der Waals surface area contributed by atoms with Gasteiger partial charge in [0.2, 0.25) is 5.78 Å². The summed E-state index contributed by atoms with van der Waals surface area (Å²) in [5, 5.41) is 0. The third-order valence-corrected chi connectivity index (χ3v) is 5.96. The Labute approximate surface area is 168 Å². The van der Waals surface area contributed by atoms with E-state index in [0.717, 1.165) is 29.8 Å². The number of imidazole rings is 2. The molecule has 1 atom stereocenters. The number of aryl methyl sites for hydroxylation is 2. The van der Waals surface area contributed by atoms with Gasteiger partial charge in [0.15, 0.2) is 11.2 Å². The van der Waals surface area contributed by atoms with E-state index < -0.39 is 0 Å². The molecule has 3 aromatic heterocycles. The summed E-state index contributed by atoms with van der Waals surface area (Å²) in [6, 6.07) is 10.3. The Morgan fingerprint density at radius 3 is 2.41 bits per heavy atom. The van der Waals surface area contributed by atoms with Crippen molar-refractivity contribution in [2.45, 2.75) is 53.1 Å². The molecule has 0 bridgehead atoms. The highest BCUT2D eigenvalue weighted by Gasteiger charge is 2.24. The largest absolute Gasteiger partial charge is 0.332 e. The maximum atomic E-state index is 13.3. The molecule has 0 saturated carbocycles. The molecule has 0 spiro atoms. The number of hydrogen-bond donors (Lipinski definition) is 0. The van der Waals surface area contributed by atoms with E-state index in [2.05, 4.69) is 23.6 Å². The van der Waals surface area contributed by atoms with Crippen LogP contribution in [0.2, 0.25) is 0 Å². The molecule has 4 aromatic rings. The SMILES string of the molecule is CCCCn1c(=O)c2c(nc3n([C@H](C)c4ccccc4)c(C)c(C)n23)n(C)c1=O. The van der Waals surface area contributed by atoms with E-state index >= 15 is 0 Å². The maximum absolute atomic E-state index is 13.3. The summed E-state index contributed by atoms with van der Waals surface area (Å²) in [7, 11) is 1.69. The lowest BCUT2D eigenvalue weighted by Crippen LogP contribution is -2.39. The smallest absolute Gasteiger partial charge is 0.307 e. The fourth-order valence-corrected chi connectivity index (χ4v) is 4.13. The van der Waals surface area contributed by atoms with E-state index in [1.807, 2.05) is 43.4 Å². The normalized spacial score (nSPS) is 12.9. The van der Waals surface area contributed by atoms with Gasteiger partial charge in [-0.1, -0.05) is 43.7 Å². The van der Waals surface area contributed by atoms with E-state index in [0.29, 0.717) is 23.5 Å². The highest BCUT2D eigenvalue weighted by molar-refractivity contribution is 5.76. The van der Waals surface area contributed by atoms with E-state index in [4.69, 9.17) is 4.98 Å². The van der Waals surface area contributed by atoms with Crippen LogP contribution in [0.5, 0.6) is 0 Å². The fourth-order valence-electron chi connectivity index (χ4n) is 4.13. The van der Waals surface area contributed by atoms with Gasteiger partial charge < -0.3 is 4.57 Å². The molecule has 0 radical (unpaired) electrons. The van der Waals surface area contributed by atoms with Crippen LogP contribution >= 0.6 is 0 Å². The Hall–Kier alpha value is -3.09. The van der Waals surface area contributed by atoms with Crippen molar-refractivity contribution < 1.29 is 0 Å². The van der Waals surface area contributed by atoms with Gasteiger partial charge >= 0.3 is 5.69 Å². The molecule has 1 aromatic carbocycles. The lowest BCUT2D eigenvalue weighted by atomic mass is 10.1. The van der Waals surface area contributed by atoms with Gasteiger partial charge in [-0.3, -0.25) is 18.3 Å². The molecule has 0 aliphatic rings. The van der Waals surface area contributed by atoms with Crippen LogP contribution in [0, 0.1) is 13.8 Å². The van der Waals surface area contributed by atoms with E-state index in [-0.39, 0.29) is 17.3 Å². The van der Waals surface area contributed by atoms with Gasteiger partial charge in [-0.15, -0.1) is 0 Å². The van der Waals surface area contributed by atoms with Crippen LogP contribution in [-0.2, 0) is 13.6 Å². The molecule has 4 rings (SSSR count). The van der Waals surface area contributed by atoms with Crippen LogP contribution in [-0.4, -0.2) is 23.1 Å². The minimum absolute atomic E-state index is 0.0450. The van der Waals surface area contributed by atoms with Gasteiger partial charge in [-0.05, 0) is 32.8 Å². The first-order valence-corrected chi connectivity index (χ1v) is 10.1. The van der Waals surface area contributed by atoms with E-state index in [9.17, 15) is 9.59 Å². The zero-order valence-corrected chi connectivity index (χ0v) is 17.6. The number of nitrogens with zero attached hydrogens (tertiary/aromatic N) is 5.